The molecule has 0 fully saturated rings. The molecule has 1 aliphatic carbocycles. The molecule has 2 aromatic carbocycles. The predicted molar refractivity (Wildman–Crippen MR) is 105 cm³/mol. The first kappa shape index (κ1) is 21.6. The Morgan fingerprint density at radius 1 is 0.933 bits per heavy atom. The molecule has 0 bridgehead atoms. The zero-order valence-electron chi connectivity index (χ0n) is 16.4. The summed E-state index contributed by atoms with van der Waals surface area (Å²) in [7, 11) is 1.71. The van der Waals surface area contributed by atoms with E-state index in [1.54, 1.807) is 7.05 Å². The summed E-state index contributed by atoms with van der Waals surface area (Å²) in [5.41, 5.74) is 3.67. The molecule has 2 aromatic rings. The van der Waals surface area contributed by atoms with Crippen molar-refractivity contribution >= 4 is 23.2 Å². The smallest absolute Gasteiger partial charge is 0.406 e. The second-order valence-corrected chi connectivity index (χ2v) is 7.32. The average Bonchev–Trinajstić information content (AvgIpc) is 3.09. The minimum atomic E-state index is -4.77. The molecule has 0 spiro atoms. The van der Waals surface area contributed by atoms with Crippen molar-refractivity contribution in [2.45, 2.75) is 25.6 Å². The lowest BCUT2D eigenvalue weighted by Crippen LogP contribution is -3.11. The number of quaternary nitrogens is 1. The van der Waals surface area contributed by atoms with Crippen molar-refractivity contribution in [3.63, 3.8) is 0 Å². The molecule has 0 aromatic heterocycles. The highest BCUT2D eigenvalue weighted by Crippen LogP contribution is 2.25. The number of ether oxygens (including phenoxy) is 1. The van der Waals surface area contributed by atoms with Gasteiger partial charge in [-0.1, -0.05) is 6.07 Å². The molecule has 160 valence electrons. The largest absolute Gasteiger partial charge is 0.573 e. The van der Waals surface area contributed by atoms with Gasteiger partial charge in [0.15, 0.2) is 13.1 Å². The van der Waals surface area contributed by atoms with E-state index in [2.05, 4.69) is 15.4 Å². The van der Waals surface area contributed by atoms with Crippen LogP contribution in [0.3, 0.4) is 0 Å². The summed E-state index contributed by atoms with van der Waals surface area (Å²) >= 11 is 0. The lowest BCUT2D eigenvalue weighted by molar-refractivity contribution is -0.862. The van der Waals surface area contributed by atoms with Crippen molar-refractivity contribution in [1.82, 2.24) is 0 Å². The number of anilines is 2. The molecule has 0 aliphatic heterocycles. The van der Waals surface area contributed by atoms with E-state index in [1.807, 2.05) is 18.2 Å². The van der Waals surface area contributed by atoms with Crippen LogP contribution in [0.1, 0.15) is 17.5 Å². The number of carbonyl (C=O) groups excluding carboxylic acids is 2. The number of likely N-dealkylation sites (N-methyl/N-ethyl adjacent to an activating group) is 1. The van der Waals surface area contributed by atoms with Crippen molar-refractivity contribution in [3.05, 3.63) is 53.6 Å². The van der Waals surface area contributed by atoms with Gasteiger partial charge in [0, 0.05) is 11.4 Å². The summed E-state index contributed by atoms with van der Waals surface area (Å²) < 4.78 is 40.3. The molecule has 6 nitrogen and oxygen atoms in total. The minimum absolute atomic E-state index is 0.0262. The van der Waals surface area contributed by atoms with Gasteiger partial charge in [0.2, 0.25) is 0 Å². The number of benzene rings is 2. The summed E-state index contributed by atoms with van der Waals surface area (Å²) in [6.45, 7) is 0.126. The molecule has 3 N–H and O–H groups in total. The molecule has 30 heavy (non-hydrogen) atoms. The number of carbonyl (C=O) groups is 2. The zero-order chi connectivity index (χ0) is 21.7. The molecule has 0 saturated heterocycles. The Bertz CT molecular complexity index is 914. The van der Waals surface area contributed by atoms with Crippen LogP contribution in [-0.2, 0) is 22.4 Å². The first-order valence-electron chi connectivity index (χ1n) is 9.56. The lowest BCUT2D eigenvalue weighted by atomic mass is 10.1. The summed E-state index contributed by atoms with van der Waals surface area (Å²) in [6.07, 6.45) is -1.54. The number of fused-ring (bicyclic) bond motifs is 1. The van der Waals surface area contributed by atoms with Gasteiger partial charge in [-0.05, 0) is 66.8 Å². The number of nitrogens with one attached hydrogen (secondary N) is 3. The second kappa shape index (κ2) is 9.17. The average molecular weight is 422 g/mol. The Balaban J connectivity index is 1.44. The van der Waals surface area contributed by atoms with Crippen LogP contribution >= 0.6 is 0 Å². The molecule has 3 rings (SSSR count). The van der Waals surface area contributed by atoms with Crippen molar-refractivity contribution in [1.29, 1.82) is 0 Å². The fourth-order valence-corrected chi connectivity index (χ4v) is 3.41. The molecule has 2 amide bonds. The van der Waals surface area contributed by atoms with Crippen LogP contribution in [0.4, 0.5) is 24.5 Å². The van der Waals surface area contributed by atoms with E-state index in [-0.39, 0.29) is 30.7 Å². The topological polar surface area (TPSA) is 71.9 Å². The highest BCUT2D eigenvalue weighted by molar-refractivity contribution is 5.93. The van der Waals surface area contributed by atoms with Gasteiger partial charge in [-0.2, -0.15) is 0 Å². The number of aryl methyl sites for hydroxylation is 2. The monoisotopic (exact) mass is 422 g/mol. The maximum Gasteiger partial charge on any atom is 0.573 e. The van der Waals surface area contributed by atoms with Gasteiger partial charge in [-0.3, -0.25) is 9.59 Å². The van der Waals surface area contributed by atoms with Crippen molar-refractivity contribution in [3.8, 4) is 5.75 Å². The maximum atomic E-state index is 12.2. The van der Waals surface area contributed by atoms with Crippen LogP contribution in [0.2, 0.25) is 0 Å². The molecular weight excluding hydrogens is 399 g/mol. The van der Waals surface area contributed by atoms with E-state index < -0.39 is 6.36 Å². The van der Waals surface area contributed by atoms with Crippen molar-refractivity contribution in [2.75, 3.05) is 30.8 Å². The van der Waals surface area contributed by atoms with Crippen LogP contribution in [0, 0.1) is 0 Å². The number of rotatable bonds is 7. The SMILES string of the molecule is C[NH+](CC(=O)Nc1ccc(OC(F)(F)F)cc1)CC(=O)Nc1ccc2c(c1)CCC2. The Labute approximate surface area is 172 Å². The molecule has 1 atom stereocenters. The first-order chi connectivity index (χ1) is 14.2. The normalized spacial score (nSPS) is 14.0. The molecule has 0 heterocycles. The molecule has 1 unspecified atom stereocenters. The third-order valence-corrected chi connectivity index (χ3v) is 4.68. The summed E-state index contributed by atoms with van der Waals surface area (Å²) in [6, 6.07) is 10.8. The van der Waals surface area contributed by atoms with Gasteiger partial charge >= 0.3 is 6.36 Å². The van der Waals surface area contributed by atoms with E-state index in [0.717, 1.165) is 37.1 Å². The van der Waals surface area contributed by atoms with Gasteiger partial charge in [-0.25, -0.2) is 0 Å². The van der Waals surface area contributed by atoms with E-state index in [0.29, 0.717) is 10.6 Å². The number of alkyl halides is 3. The number of hydrogen-bond acceptors (Lipinski definition) is 3. The number of halogens is 3. The van der Waals surface area contributed by atoms with Gasteiger partial charge in [-0.15, -0.1) is 13.2 Å². The minimum Gasteiger partial charge on any atom is -0.406 e. The third kappa shape index (κ3) is 6.48. The Kier molecular flexibility index (Phi) is 6.61. The fraction of sp³-hybridized carbons (Fsp3) is 0.333. The molecular formula is C21H23F3N3O3+. The van der Waals surface area contributed by atoms with Gasteiger partial charge in [0.25, 0.3) is 11.8 Å². The third-order valence-electron chi connectivity index (χ3n) is 4.68. The van der Waals surface area contributed by atoms with Crippen LogP contribution in [-0.4, -0.2) is 38.3 Å². The van der Waals surface area contributed by atoms with E-state index in [4.69, 9.17) is 0 Å². The van der Waals surface area contributed by atoms with Crippen LogP contribution in [0.25, 0.3) is 0 Å². The van der Waals surface area contributed by atoms with E-state index in [9.17, 15) is 22.8 Å². The lowest BCUT2D eigenvalue weighted by Gasteiger charge is -2.14. The summed E-state index contributed by atoms with van der Waals surface area (Å²) in [4.78, 5) is 25.0. The van der Waals surface area contributed by atoms with Crippen molar-refractivity contribution < 1.29 is 32.4 Å². The second-order valence-electron chi connectivity index (χ2n) is 7.32. The van der Waals surface area contributed by atoms with Gasteiger partial charge in [0.1, 0.15) is 5.75 Å². The van der Waals surface area contributed by atoms with Crippen LogP contribution in [0.5, 0.6) is 5.75 Å². The molecule has 0 saturated carbocycles. The maximum absolute atomic E-state index is 12.2. The van der Waals surface area contributed by atoms with Gasteiger partial charge < -0.3 is 20.3 Å². The van der Waals surface area contributed by atoms with Crippen LogP contribution < -0.4 is 20.3 Å². The Morgan fingerprint density at radius 2 is 1.50 bits per heavy atom. The Hall–Kier alpha value is -3.07. The van der Waals surface area contributed by atoms with Gasteiger partial charge in [0.05, 0.1) is 7.05 Å². The zero-order valence-corrected chi connectivity index (χ0v) is 16.4. The number of hydrogen-bond donors (Lipinski definition) is 3. The standard InChI is InChI=1S/C21H22F3N3O3/c1-27(13-20(29)26-17-6-5-14-3-2-4-15(14)11-17)12-19(28)25-16-7-9-18(10-8-16)30-21(22,23)24/h5-11H,2-4,12-13H2,1H3,(H,25,28)(H,26,29)/p+1. The van der Waals surface area contributed by atoms with E-state index in [1.165, 1.54) is 23.3 Å². The summed E-state index contributed by atoms with van der Waals surface area (Å²) in [5.74, 6) is -0.930. The highest BCUT2D eigenvalue weighted by Gasteiger charge is 2.31. The summed E-state index contributed by atoms with van der Waals surface area (Å²) in [5, 5.41) is 5.44. The predicted octanol–water partition coefficient (Wildman–Crippen LogP) is 2.17. The van der Waals surface area contributed by atoms with Crippen LogP contribution in [0.15, 0.2) is 42.5 Å². The van der Waals surface area contributed by atoms with Crippen molar-refractivity contribution in [2.24, 2.45) is 0 Å². The van der Waals surface area contributed by atoms with E-state index >= 15 is 0 Å². The highest BCUT2D eigenvalue weighted by atomic mass is 19.4. The fourth-order valence-electron chi connectivity index (χ4n) is 3.41. The molecule has 0 radical (unpaired) electrons. The quantitative estimate of drug-likeness (QED) is 0.641. The molecule has 1 aliphatic rings. The molecule has 9 heteroatoms. The first-order valence-corrected chi connectivity index (χ1v) is 9.56. The Morgan fingerprint density at radius 3 is 2.13 bits per heavy atom. The number of amides is 2.